The molecule has 1 aliphatic heterocycles. The number of rotatable bonds is 7. The molecule has 0 saturated carbocycles. The number of hydrogen-bond donors (Lipinski definition) is 0. The topological polar surface area (TPSA) is 110 Å². The first-order valence-corrected chi connectivity index (χ1v) is 11.7. The van der Waals surface area contributed by atoms with Crippen LogP contribution in [0.4, 0.5) is 0 Å². The molecule has 0 fully saturated rings. The molecule has 0 saturated heterocycles. The van der Waals surface area contributed by atoms with E-state index in [1.165, 1.54) is 27.2 Å². The molecule has 10 heteroatoms. The third kappa shape index (κ3) is 4.67. The summed E-state index contributed by atoms with van der Waals surface area (Å²) < 4.78 is 12.4. The summed E-state index contributed by atoms with van der Waals surface area (Å²) in [5, 5.41) is 12.5. The Hall–Kier alpha value is -3.50. The Morgan fingerprint density at radius 1 is 1.27 bits per heavy atom. The molecule has 1 aliphatic rings. The van der Waals surface area contributed by atoms with E-state index in [0.29, 0.717) is 31.9 Å². The number of hydrogen-bond acceptors (Lipinski definition) is 9. The number of nitrogens with zero attached hydrogens (tertiary/aromatic N) is 2. The van der Waals surface area contributed by atoms with Gasteiger partial charge in [-0.1, -0.05) is 29.5 Å². The van der Waals surface area contributed by atoms with Crippen LogP contribution in [-0.2, 0) is 14.3 Å². The first kappa shape index (κ1) is 22.7. The maximum atomic E-state index is 13.5. The molecular formula is C23H19N2O6S2-. The highest BCUT2D eigenvalue weighted by Crippen LogP contribution is 2.33. The highest BCUT2D eigenvalue weighted by Gasteiger charge is 2.33. The smallest absolute Gasteiger partial charge is 0.338 e. The first-order chi connectivity index (χ1) is 15.9. The maximum absolute atomic E-state index is 13.5. The lowest BCUT2D eigenvalue weighted by molar-refractivity contribution is -0.307. The van der Waals surface area contributed by atoms with Crippen molar-refractivity contribution in [2.45, 2.75) is 19.9 Å². The second-order valence-electron chi connectivity index (χ2n) is 7.05. The predicted octanol–water partition coefficient (Wildman–Crippen LogP) is 0.988. The van der Waals surface area contributed by atoms with Gasteiger partial charge in [0.1, 0.15) is 18.4 Å². The monoisotopic (exact) mass is 483 g/mol. The number of esters is 1. The molecule has 3 heterocycles. The molecule has 0 spiro atoms. The van der Waals surface area contributed by atoms with Gasteiger partial charge in [0.25, 0.3) is 5.56 Å². The van der Waals surface area contributed by atoms with Gasteiger partial charge in [0.2, 0.25) is 0 Å². The minimum absolute atomic E-state index is 0.216. The van der Waals surface area contributed by atoms with E-state index < -0.39 is 24.6 Å². The fourth-order valence-electron chi connectivity index (χ4n) is 3.50. The van der Waals surface area contributed by atoms with Crippen molar-refractivity contribution in [1.29, 1.82) is 0 Å². The number of ether oxygens (including phenoxy) is 2. The van der Waals surface area contributed by atoms with Crippen LogP contribution in [0.1, 0.15) is 30.3 Å². The summed E-state index contributed by atoms with van der Waals surface area (Å²) in [6.07, 6.45) is 1.69. The average molecular weight is 484 g/mol. The van der Waals surface area contributed by atoms with Crippen LogP contribution in [0.15, 0.2) is 62.8 Å². The summed E-state index contributed by atoms with van der Waals surface area (Å²) >= 11 is 2.66. The summed E-state index contributed by atoms with van der Waals surface area (Å²) in [5.74, 6) is -1.48. The van der Waals surface area contributed by atoms with Crippen LogP contribution in [0.25, 0.3) is 6.08 Å². The third-order valence-electron chi connectivity index (χ3n) is 4.84. The maximum Gasteiger partial charge on any atom is 0.338 e. The molecule has 8 nitrogen and oxygen atoms in total. The Morgan fingerprint density at radius 2 is 2.09 bits per heavy atom. The Kier molecular flexibility index (Phi) is 6.57. The molecule has 170 valence electrons. The summed E-state index contributed by atoms with van der Waals surface area (Å²) in [6, 6.07) is 9.84. The molecule has 0 N–H and O–H groups in total. The zero-order chi connectivity index (χ0) is 23.5. The van der Waals surface area contributed by atoms with E-state index in [1.54, 1.807) is 44.2 Å². The number of thiophene rings is 1. The molecule has 0 bridgehead atoms. The minimum Gasteiger partial charge on any atom is -0.546 e. The number of thiazole rings is 1. The van der Waals surface area contributed by atoms with Crippen LogP contribution in [0.5, 0.6) is 5.75 Å². The number of aliphatic carboxylic acids is 1. The molecule has 3 aromatic rings. The minimum atomic E-state index is -1.32. The van der Waals surface area contributed by atoms with Gasteiger partial charge in [0.05, 0.1) is 28.4 Å². The van der Waals surface area contributed by atoms with Crippen LogP contribution < -0.4 is 24.7 Å². The Morgan fingerprint density at radius 3 is 2.79 bits per heavy atom. The lowest BCUT2D eigenvalue weighted by Crippen LogP contribution is -2.39. The number of carboxylic acids is 1. The van der Waals surface area contributed by atoms with Gasteiger partial charge in [-0.05, 0) is 49.1 Å². The van der Waals surface area contributed by atoms with Crippen molar-refractivity contribution in [3.63, 3.8) is 0 Å². The predicted molar refractivity (Wildman–Crippen MR) is 122 cm³/mol. The quantitative estimate of drug-likeness (QED) is 0.464. The lowest BCUT2D eigenvalue weighted by atomic mass is 10.0. The summed E-state index contributed by atoms with van der Waals surface area (Å²) in [6.45, 7) is 3.12. The van der Waals surface area contributed by atoms with Crippen molar-refractivity contribution in [3.05, 3.63) is 83.2 Å². The fourth-order valence-corrected chi connectivity index (χ4v) is 5.37. The molecule has 0 aliphatic carbocycles. The zero-order valence-electron chi connectivity index (χ0n) is 17.8. The number of allylic oxidation sites excluding steroid dienone is 1. The number of carboxylic acid groups (broad SMARTS) is 1. The summed E-state index contributed by atoms with van der Waals surface area (Å²) in [7, 11) is 0. The van der Waals surface area contributed by atoms with Gasteiger partial charge in [-0.3, -0.25) is 9.36 Å². The number of aromatic nitrogens is 1. The van der Waals surface area contributed by atoms with Crippen LogP contribution in [0.3, 0.4) is 0 Å². The van der Waals surface area contributed by atoms with Gasteiger partial charge < -0.3 is 19.4 Å². The summed E-state index contributed by atoms with van der Waals surface area (Å²) in [5.41, 5.74) is 1.23. The molecular weight excluding hydrogens is 464 g/mol. The molecule has 1 atom stereocenters. The van der Waals surface area contributed by atoms with E-state index >= 15 is 0 Å². The molecule has 0 amide bonds. The van der Waals surface area contributed by atoms with Crippen LogP contribution in [0, 0.1) is 0 Å². The first-order valence-electron chi connectivity index (χ1n) is 10.0. The number of benzene rings is 1. The van der Waals surface area contributed by atoms with Gasteiger partial charge in [-0.25, -0.2) is 9.79 Å². The highest BCUT2D eigenvalue weighted by atomic mass is 32.1. The normalized spacial score (nSPS) is 15.7. The Balaban J connectivity index is 1.83. The molecule has 0 unspecified atom stereocenters. The zero-order valence-corrected chi connectivity index (χ0v) is 19.4. The van der Waals surface area contributed by atoms with Crippen molar-refractivity contribution < 1.29 is 24.2 Å². The van der Waals surface area contributed by atoms with Gasteiger partial charge in [-0.2, -0.15) is 0 Å². The van der Waals surface area contributed by atoms with Gasteiger partial charge >= 0.3 is 5.97 Å². The van der Waals surface area contributed by atoms with Gasteiger partial charge in [0, 0.05) is 4.88 Å². The average Bonchev–Trinajstić information content (AvgIpc) is 3.41. The van der Waals surface area contributed by atoms with E-state index in [2.05, 4.69) is 4.99 Å². The molecule has 0 radical (unpaired) electrons. The highest BCUT2D eigenvalue weighted by molar-refractivity contribution is 7.10. The second-order valence-corrected chi connectivity index (χ2v) is 9.04. The number of carbonyl (C=O) groups excluding carboxylic acids is 2. The van der Waals surface area contributed by atoms with Crippen molar-refractivity contribution in [2.24, 2.45) is 4.99 Å². The van der Waals surface area contributed by atoms with E-state index in [-0.39, 0.29) is 12.2 Å². The van der Waals surface area contributed by atoms with E-state index in [9.17, 15) is 19.5 Å². The standard InChI is InChI=1S/C23H20N2O6S2/c1-3-30-22(29)19-13(2)24-23-25(20(19)16-8-5-9-32-16)21(28)17(33-23)11-14-6-4-7-15(10-14)31-12-18(26)27/h4-11,20H,3,12H2,1-2H3,(H,26,27)/p-1/b17-11-/t20-/m0/s1. The van der Waals surface area contributed by atoms with Crippen LogP contribution in [0.2, 0.25) is 0 Å². The lowest BCUT2D eigenvalue weighted by Gasteiger charge is -2.23. The van der Waals surface area contributed by atoms with Crippen molar-refractivity contribution >= 4 is 40.7 Å². The van der Waals surface area contributed by atoms with Crippen molar-refractivity contribution in [3.8, 4) is 5.75 Å². The second kappa shape index (κ2) is 9.55. The Labute approximate surface area is 196 Å². The SMILES string of the molecule is CCOC(=O)C1=C(C)N=c2s/c(=C\c3cccc(OCC(=O)[O-])c3)c(=O)n2[C@H]1c1cccs1. The van der Waals surface area contributed by atoms with E-state index in [0.717, 1.165) is 4.88 Å². The number of fused-ring (bicyclic) bond motifs is 1. The summed E-state index contributed by atoms with van der Waals surface area (Å²) in [4.78, 5) is 42.7. The number of carbonyl (C=O) groups is 2. The van der Waals surface area contributed by atoms with E-state index in [4.69, 9.17) is 9.47 Å². The van der Waals surface area contributed by atoms with Crippen molar-refractivity contribution in [2.75, 3.05) is 13.2 Å². The van der Waals surface area contributed by atoms with Gasteiger partial charge in [0.15, 0.2) is 4.80 Å². The van der Waals surface area contributed by atoms with Crippen LogP contribution in [-0.4, -0.2) is 29.7 Å². The van der Waals surface area contributed by atoms with Gasteiger partial charge in [-0.15, -0.1) is 11.3 Å². The van der Waals surface area contributed by atoms with Crippen LogP contribution >= 0.6 is 22.7 Å². The Bertz CT molecular complexity index is 1420. The molecule has 4 rings (SSSR count). The molecule has 2 aromatic heterocycles. The molecule has 33 heavy (non-hydrogen) atoms. The molecule has 1 aromatic carbocycles. The fraction of sp³-hybridized carbons (Fsp3) is 0.217. The van der Waals surface area contributed by atoms with Crippen molar-refractivity contribution in [1.82, 2.24) is 4.57 Å². The largest absolute Gasteiger partial charge is 0.546 e. The third-order valence-corrected chi connectivity index (χ3v) is 6.75. The van der Waals surface area contributed by atoms with E-state index in [1.807, 2.05) is 17.5 Å².